The maximum atomic E-state index is 12.8. The minimum Gasteiger partial charge on any atom is -0.481 e. The van der Waals surface area contributed by atoms with Crippen LogP contribution in [0.25, 0.3) is 11.0 Å². The van der Waals surface area contributed by atoms with E-state index in [-0.39, 0.29) is 18.0 Å². The molecule has 1 fully saturated rings. The number of carbonyl (C=O) groups is 1. The third-order valence-electron chi connectivity index (χ3n) is 3.91. The number of H-pyrrole nitrogens is 1. The first-order chi connectivity index (χ1) is 10.4. The van der Waals surface area contributed by atoms with E-state index in [1.165, 1.54) is 22.8 Å². The monoisotopic (exact) mass is 343 g/mol. The number of rotatable bonds is 3. The third-order valence-corrected chi connectivity index (χ3v) is 6.15. The summed E-state index contributed by atoms with van der Waals surface area (Å²) >= 11 is 6.09. The zero-order valence-corrected chi connectivity index (χ0v) is 13.1. The van der Waals surface area contributed by atoms with Gasteiger partial charge in [-0.15, -0.1) is 0 Å². The molecule has 0 saturated carbocycles. The molecule has 0 aromatic carbocycles. The fourth-order valence-corrected chi connectivity index (χ4v) is 4.62. The summed E-state index contributed by atoms with van der Waals surface area (Å²) in [5, 5.41) is 9.67. The first kappa shape index (κ1) is 15.3. The van der Waals surface area contributed by atoms with Crippen molar-refractivity contribution >= 4 is 38.6 Å². The van der Waals surface area contributed by atoms with Gasteiger partial charge < -0.3 is 10.1 Å². The van der Waals surface area contributed by atoms with Crippen molar-refractivity contribution in [3.05, 3.63) is 23.5 Å². The van der Waals surface area contributed by atoms with Crippen molar-refractivity contribution in [2.45, 2.75) is 17.7 Å². The van der Waals surface area contributed by atoms with Crippen molar-refractivity contribution in [2.24, 2.45) is 5.92 Å². The maximum Gasteiger partial charge on any atom is 0.306 e. The number of aromatic amines is 1. The first-order valence-electron chi connectivity index (χ1n) is 6.76. The van der Waals surface area contributed by atoms with Crippen LogP contribution in [0.15, 0.2) is 23.4 Å². The van der Waals surface area contributed by atoms with Crippen LogP contribution in [0, 0.1) is 5.92 Å². The highest BCUT2D eigenvalue weighted by molar-refractivity contribution is 7.89. The lowest BCUT2D eigenvalue weighted by Gasteiger charge is -2.29. The molecule has 2 aromatic rings. The molecule has 3 heterocycles. The molecular formula is C13H14ClN3O4S. The van der Waals surface area contributed by atoms with Crippen LogP contribution in [-0.4, -0.2) is 46.9 Å². The molecule has 2 aromatic heterocycles. The molecule has 7 nitrogen and oxygen atoms in total. The number of aromatic nitrogens is 2. The smallest absolute Gasteiger partial charge is 0.306 e. The predicted octanol–water partition coefficient (Wildman–Crippen LogP) is 1.70. The molecule has 1 saturated heterocycles. The summed E-state index contributed by atoms with van der Waals surface area (Å²) in [6.45, 7) is 0.369. The topological polar surface area (TPSA) is 103 Å². The fourth-order valence-electron chi connectivity index (χ4n) is 2.67. The van der Waals surface area contributed by atoms with Crippen LogP contribution in [0.1, 0.15) is 12.8 Å². The highest BCUT2D eigenvalue weighted by Gasteiger charge is 2.33. The van der Waals surface area contributed by atoms with Crippen molar-refractivity contribution < 1.29 is 18.3 Å². The van der Waals surface area contributed by atoms with Crippen LogP contribution in [0.4, 0.5) is 0 Å². The minimum atomic E-state index is -3.73. The van der Waals surface area contributed by atoms with Gasteiger partial charge in [0, 0.05) is 25.5 Å². The Morgan fingerprint density at radius 2 is 2.09 bits per heavy atom. The molecule has 22 heavy (non-hydrogen) atoms. The highest BCUT2D eigenvalue weighted by atomic mass is 35.5. The van der Waals surface area contributed by atoms with Crippen LogP contribution in [-0.2, 0) is 14.8 Å². The second-order valence-electron chi connectivity index (χ2n) is 5.19. The summed E-state index contributed by atoms with van der Waals surface area (Å²) in [5.41, 5.74) is 0.409. The summed E-state index contributed by atoms with van der Waals surface area (Å²) in [6, 6.07) is 1.54. The Kier molecular flexibility index (Phi) is 3.84. The Morgan fingerprint density at radius 3 is 2.73 bits per heavy atom. The van der Waals surface area contributed by atoms with E-state index < -0.39 is 21.9 Å². The Labute approximate surface area is 132 Å². The molecule has 0 spiro atoms. The zero-order valence-electron chi connectivity index (χ0n) is 11.5. The lowest BCUT2D eigenvalue weighted by atomic mass is 9.99. The van der Waals surface area contributed by atoms with Gasteiger partial charge in [-0.3, -0.25) is 4.79 Å². The number of halogens is 1. The highest BCUT2D eigenvalue weighted by Crippen LogP contribution is 2.32. The number of fused-ring (bicyclic) bond motifs is 1. The number of carboxylic acid groups (broad SMARTS) is 1. The zero-order chi connectivity index (χ0) is 15.9. The van der Waals surface area contributed by atoms with E-state index in [4.69, 9.17) is 16.7 Å². The lowest BCUT2D eigenvalue weighted by molar-refractivity contribution is -0.142. The van der Waals surface area contributed by atoms with Gasteiger partial charge in [0.25, 0.3) is 0 Å². The molecule has 0 unspecified atom stereocenters. The van der Waals surface area contributed by atoms with Gasteiger partial charge in [0.05, 0.1) is 16.3 Å². The molecule has 1 aliphatic heterocycles. The van der Waals surface area contributed by atoms with Crippen LogP contribution < -0.4 is 0 Å². The summed E-state index contributed by atoms with van der Waals surface area (Å²) in [4.78, 5) is 17.9. The number of piperidine rings is 1. The van der Waals surface area contributed by atoms with Crippen molar-refractivity contribution in [1.82, 2.24) is 14.3 Å². The van der Waals surface area contributed by atoms with E-state index in [2.05, 4.69) is 9.97 Å². The molecule has 0 radical (unpaired) electrons. The van der Waals surface area contributed by atoms with Gasteiger partial charge >= 0.3 is 5.97 Å². The van der Waals surface area contributed by atoms with Crippen LogP contribution in [0.3, 0.4) is 0 Å². The second kappa shape index (κ2) is 5.53. The molecule has 9 heteroatoms. The van der Waals surface area contributed by atoms with Crippen LogP contribution >= 0.6 is 11.6 Å². The van der Waals surface area contributed by atoms with Crippen LogP contribution in [0.5, 0.6) is 0 Å². The summed E-state index contributed by atoms with van der Waals surface area (Å²) in [6.07, 6.45) is 3.49. The number of hydrogen-bond donors (Lipinski definition) is 2. The van der Waals surface area contributed by atoms with Crippen molar-refractivity contribution in [3.63, 3.8) is 0 Å². The molecule has 118 valence electrons. The Balaban J connectivity index is 1.95. The quantitative estimate of drug-likeness (QED) is 0.882. The number of carboxylic acids is 1. The number of nitrogens with one attached hydrogen (secondary N) is 1. The van der Waals surface area contributed by atoms with E-state index in [9.17, 15) is 13.2 Å². The molecular weight excluding hydrogens is 330 g/mol. The molecule has 0 bridgehead atoms. The normalized spacial score (nSPS) is 17.9. The number of nitrogens with zero attached hydrogens (tertiary/aromatic N) is 2. The number of sulfonamides is 1. The van der Waals surface area contributed by atoms with Gasteiger partial charge in [-0.1, -0.05) is 11.6 Å². The molecule has 0 atom stereocenters. The van der Waals surface area contributed by atoms with Gasteiger partial charge in [0.1, 0.15) is 10.5 Å². The molecule has 3 rings (SSSR count). The van der Waals surface area contributed by atoms with Gasteiger partial charge in [-0.2, -0.15) is 4.31 Å². The third kappa shape index (κ3) is 2.47. The SMILES string of the molecule is O=C(O)C1CCN(S(=O)(=O)c2c[nH]c3nccc(Cl)c23)CC1. The van der Waals surface area contributed by atoms with E-state index >= 15 is 0 Å². The van der Waals surface area contributed by atoms with Crippen molar-refractivity contribution in [1.29, 1.82) is 0 Å². The number of aliphatic carboxylic acids is 1. The Hall–Kier alpha value is -1.64. The van der Waals surface area contributed by atoms with Crippen molar-refractivity contribution in [2.75, 3.05) is 13.1 Å². The molecule has 0 amide bonds. The molecule has 1 aliphatic rings. The summed E-state index contributed by atoms with van der Waals surface area (Å²) < 4.78 is 26.8. The van der Waals surface area contributed by atoms with E-state index in [1.807, 2.05) is 0 Å². The summed E-state index contributed by atoms with van der Waals surface area (Å²) in [7, 11) is -3.73. The van der Waals surface area contributed by atoms with Crippen LogP contribution in [0.2, 0.25) is 5.02 Å². The predicted molar refractivity (Wildman–Crippen MR) is 80.2 cm³/mol. The van der Waals surface area contributed by atoms with E-state index in [1.54, 1.807) is 0 Å². The van der Waals surface area contributed by atoms with Gasteiger partial charge in [0.15, 0.2) is 0 Å². The lowest BCUT2D eigenvalue weighted by Crippen LogP contribution is -2.40. The Morgan fingerprint density at radius 1 is 1.41 bits per heavy atom. The van der Waals surface area contributed by atoms with E-state index in [0.717, 1.165) is 0 Å². The average molecular weight is 344 g/mol. The van der Waals surface area contributed by atoms with Crippen molar-refractivity contribution in [3.8, 4) is 0 Å². The standard InChI is InChI=1S/C13H14ClN3O4S/c14-9-1-4-15-12-11(9)10(7-16-12)22(20,21)17-5-2-8(3-6-17)13(18)19/h1,4,7-8H,2-3,5-6H2,(H,15,16)(H,18,19). The minimum absolute atomic E-state index is 0.0781. The van der Waals surface area contributed by atoms with Gasteiger partial charge in [-0.05, 0) is 18.9 Å². The van der Waals surface area contributed by atoms with Gasteiger partial charge in [-0.25, -0.2) is 13.4 Å². The molecule has 2 N–H and O–H groups in total. The first-order valence-corrected chi connectivity index (χ1v) is 8.57. The fraction of sp³-hybridized carbons (Fsp3) is 0.385. The second-order valence-corrected chi connectivity index (χ2v) is 7.50. The van der Waals surface area contributed by atoms with Gasteiger partial charge in [0.2, 0.25) is 10.0 Å². The number of hydrogen-bond acceptors (Lipinski definition) is 4. The largest absolute Gasteiger partial charge is 0.481 e. The summed E-state index contributed by atoms with van der Waals surface area (Å²) in [5.74, 6) is -1.36. The average Bonchev–Trinajstić information content (AvgIpc) is 2.93. The maximum absolute atomic E-state index is 12.8. The Bertz CT molecular complexity index is 825. The molecule has 0 aliphatic carbocycles. The number of pyridine rings is 1. The van der Waals surface area contributed by atoms with E-state index in [0.29, 0.717) is 28.9 Å².